The van der Waals surface area contributed by atoms with Crippen LogP contribution in [0.5, 0.6) is 0 Å². The van der Waals surface area contributed by atoms with Crippen molar-refractivity contribution in [3.05, 3.63) is 84.2 Å². The largest absolute Gasteiger partial charge is 0.301 e. The smallest absolute Gasteiger partial charge is 0.267 e. The molecule has 0 spiro atoms. The van der Waals surface area contributed by atoms with E-state index >= 15 is 0 Å². The predicted molar refractivity (Wildman–Crippen MR) is 166 cm³/mol. The van der Waals surface area contributed by atoms with Crippen molar-refractivity contribution in [3.63, 3.8) is 0 Å². The SMILES string of the molecule is CC(Sc1nc2sc3c(c2c(=O)n1-c1ccc(Cl)cc1)CCCC3)C(=O)Nc1nc(-c2cccc(Br)c2)cs1. The Morgan fingerprint density at radius 2 is 1.95 bits per heavy atom. The Morgan fingerprint density at radius 1 is 1.15 bits per heavy atom. The van der Waals surface area contributed by atoms with Crippen molar-refractivity contribution in [3.8, 4) is 16.9 Å². The van der Waals surface area contributed by atoms with Crippen LogP contribution in [0.1, 0.15) is 30.2 Å². The molecule has 6 nitrogen and oxygen atoms in total. The molecule has 6 rings (SSSR count). The number of hydrogen-bond acceptors (Lipinski definition) is 7. The molecule has 1 unspecified atom stereocenters. The molecule has 1 aliphatic carbocycles. The summed E-state index contributed by atoms with van der Waals surface area (Å²) in [7, 11) is 0. The molecule has 3 heterocycles. The van der Waals surface area contributed by atoms with Crippen molar-refractivity contribution in [1.82, 2.24) is 14.5 Å². The summed E-state index contributed by atoms with van der Waals surface area (Å²) in [5.74, 6) is -0.211. The van der Waals surface area contributed by atoms with Crippen molar-refractivity contribution in [2.24, 2.45) is 0 Å². The summed E-state index contributed by atoms with van der Waals surface area (Å²) in [5.41, 5.74) is 3.46. The van der Waals surface area contributed by atoms with Gasteiger partial charge in [-0.2, -0.15) is 0 Å². The fourth-order valence-electron chi connectivity index (χ4n) is 4.61. The Hall–Kier alpha value is -2.50. The summed E-state index contributed by atoms with van der Waals surface area (Å²) in [5, 5.41) is 6.61. The van der Waals surface area contributed by atoms with Gasteiger partial charge in [-0.25, -0.2) is 9.97 Å². The first-order valence-corrected chi connectivity index (χ1v) is 16.1. The van der Waals surface area contributed by atoms with Gasteiger partial charge in [-0.1, -0.05) is 51.4 Å². The van der Waals surface area contributed by atoms with E-state index in [9.17, 15) is 9.59 Å². The number of thiophene rings is 1. The molecule has 1 aliphatic rings. The second kappa shape index (κ2) is 11.2. The number of aromatic nitrogens is 3. The van der Waals surface area contributed by atoms with Gasteiger partial charge in [-0.15, -0.1) is 22.7 Å². The van der Waals surface area contributed by atoms with E-state index in [1.807, 2.05) is 48.7 Å². The van der Waals surface area contributed by atoms with Crippen LogP contribution in [0.15, 0.2) is 68.3 Å². The molecule has 2 aromatic carbocycles. The monoisotopic (exact) mass is 656 g/mol. The maximum Gasteiger partial charge on any atom is 0.267 e. The van der Waals surface area contributed by atoms with Crippen LogP contribution in [-0.4, -0.2) is 25.7 Å². The molecule has 0 saturated carbocycles. The number of hydrogen-bond donors (Lipinski definition) is 1. The number of rotatable bonds is 6. The molecule has 0 aliphatic heterocycles. The van der Waals surface area contributed by atoms with Crippen LogP contribution in [0, 0.1) is 0 Å². The van der Waals surface area contributed by atoms with Crippen LogP contribution in [0.4, 0.5) is 5.13 Å². The third-order valence-electron chi connectivity index (χ3n) is 6.55. The predicted octanol–water partition coefficient (Wildman–Crippen LogP) is 7.98. The van der Waals surface area contributed by atoms with Gasteiger partial charge in [0.05, 0.1) is 22.0 Å². The van der Waals surface area contributed by atoms with E-state index in [1.54, 1.807) is 28.0 Å². The Bertz CT molecular complexity index is 1760. The van der Waals surface area contributed by atoms with Crippen LogP contribution in [-0.2, 0) is 17.6 Å². The van der Waals surface area contributed by atoms with Crippen molar-refractivity contribution < 1.29 is 4.79 Å². The number of thiazole rings is 1. The van der Waals surface area contributed by atoms with Crippen molar-refractivity contribution in [2.75, 3.05) is 5.32 Å². The quantitative estimate of drug-likeness (QED) is 0.148. The van der Waals surface area contributed by atoms with Gasteiger partial charge in [0.25, 0.3) is 5.56 Å². The van der Waals surface area contributed by atoms with Crippen molar-refractivity contribution >= 4 is 83.2 Å². The lowest BCUT2D eigenvalue weighted by Gasteiger charge is -2.16. The van der Waals surface area contributed by atoms with Crippen molar-refractivity contribution in [2.45, 2.75) is 43.0 Å². The molecule has 198 valence electrons. The summed E-state index contributed by atoms with van der Waals surface area (Å²) < 4.78 is 2.58. The molecule has 0 bridgehead atoms. The lowest BCUT2D eigenvalue weighted by atomic mass is 9.97. The molecule has 0 fully saturated rings. The van der Waals surface area contributed by atoms with E-state index in [1.165, 1.54) is 28.0 Å². The maximum atomic E-state index is 13.9. The Balaban J connectivity index is 1.31. The topological polar surface area (TPSA) is 76.9 Å². The molecule has 1 atom stereocenters. The number of benzene rings is 2. The summed E-state index contributed by atoms with van der Waals surface area (Å²) in [6, 6.07) is 15.0. The zero-order valence-electron chi connectivity index (χ0n) is 20.7. The van der Waals surface area contributed by atoms with Gasteiger partial charge < -0.3 is 5.32 Å². The van der Waals surface area contributed by atoms with Crippen LogP contribution in [0.3, 0.4) is 0 Å². The van der Waals surface area contributed by atoms with Gasteiger partial charge >= 0.3 is 0 Å². The van der Waals surface area contributed by atoms with E-state index < -0.39 is 5.25 Å². The second-order valence-corrected chi connectivity index (χ2v) is 13.8. The standard InChI is InChI=1S/C28H22BrClN4O2S3/c1-15(24(35)32-27-31-21(14-37-27)16-5-4-6-17(29)13-16)38-28-33-25-23(20-7-2-3-8-22(20)39-25)26(36)34(28)19-11-9-18(30)10-12-19/h4-6,9-15H,2-3,7-8H2,1H3,(H,31,32,35). The summed E-state index contributed by atoms with van der Waals surface area (Å²) in [6.07, 6.45) is 4.08. The summed E-state index contributed by atoms with van der Waals surface area (Å²) >= 11 is 13.9. The van der Waals surface area contributed by atoms with E-state index in [2.05, 4.69) is 26.2 Å². The van der Waals surface area contributed by atoms with E-state index in [0.717, 1.165) is 51.8 Å². The molecule has 11 heteroatoms. The summed E-state index contributed by atoms with van der Waals surface area (Å²) in [4.78, 5) is 38.7. The highest BCUT2D eigenvalue weighted by Gasteiger charge is 2.25. The zero-order chi connectivity index (χ0) is 27.1. The number of amides is 1. The third-order valence-corrected chi connectivity index (χ3v) is 10.3. The van der Waals surface area contributed by atoms with Crippen LogP contribution < -0.4 is 10.9 Å². The average molecular weight is 658 g/mol. The number of thioether (sulfide) groups is 1. The van der Waals surface area contributed by atoms with Crippen LogP contribution >= 0.6 is 62.0 Å². The first-order valence-electron chi connectivity index (χ1n) is 12.4. The van der Waals surface area contributed by atoms with E-state index in [-0.39, 0.29) is 11.5 Å². The molecule has 1 N–H and O–H groups in total. The third kappa shape index (κ3) is 5.45. The number of nitrogens with zero attached hydrogens (tertiary/aromatic N) is 3. The lowest BCUT2D eigenvalue weighted by Crippen LogP contribution is -2.26. The molecular weight excluding hydrogens is 636 g/mol. The fraction of sp³-hybridized carbons (Fsp3) is 0.214. The number of nitrogens with one attached hydrogen (secondary N) is 1. The number of carbonyl (C=O) groups excluding carboxylic acids is 1. The normalized spacial score (nSPS) is 13.8. The van der Waals surface area contributed by atoms with Gasteiger partial charge in [0, 0.05) is 25.3 Å². The number of halogens is 2. The van der Waals surface area contributed by atoms with Crippen molar-refractivity contribution in [1.29, 1.82) is 0 Å². The Morgan fingerprint density at radius 3 is 2.74 bits per heavy atom. The maximum absolute atomic E-state index is 13.9. The van der Waals surface area contributed by atoms with Gasteiger partial charge in [-0.05, 0) is 74.6 Å². The average Bonchev–Trinajstić information content (AvgIpc) is 3.54. The van der Waals surface area contributed by atoms with Gasteiger partial charge in [0.2, 0.25) is 5.91 Å². The number of fused-ring (bicyclic) bond motifs is 3. The summed E-state index contributed by atoms with van der Waals surface area (Å²) in [6.45, 7) is 1.81. The molecule has 1 amide bonds. The first kappa shape index (κ1) is 26.7. The second-order valence-electron chi connectivity index (χ2n) is 9.20. The van der Waals surface area contributed by atoms with Gasteiger partial charge in [-0.3, -0.25) is 14.2 Å². The minimum Gasteiger partial charge on any atom is -0.301 e. The van der Waals surface area contributed by atoms with Crippen LogP contribution in [0.25, 0.3) is 27.2 Å². The highest BCUT2D eigenvalue weighted by Crippen LogP contribution is 2.36. The number of aryl methyl sites for hydroxylation is 2. The van der Waals surface area contributed by atoms with Gasteiger partial charge in [0.15, 0.2) is 10.3 Å². The Labute approximate surface area is 250 Å². The van der Waals surface area contributed by atoms with Gasteiger partial charge in [0.1, 0.15) is 4.83 Å². The van der Waals surface area contributed by atoms with E-state index in [4.69, 9.17) is 16.6 Å². The number of carbonyl (C=O) groups is 1. The first-order chi connectivity index (χ1) is 18.9. The highest BCUT2D eigenvalue weighted by molar-refractivity contribution is 9.10. The zero-order valence-corrected chi connectivity index (χ0v) is 25.5. The Kier molecular flexibility index (Phi) is 7.65. The number of anilines is 1. The molecule has 3 aromatic heterocycles. The van der Waals surface area contributed by atoms with E-state index in [0.29, 0.717) is 26.4 Å². The van der Waals surface area contributed by atoms with Crippen LogP contribution in [0.2, 0.25) is 5.02 Å². The molecule has 0 saturated heterocycles. The molecular formula is C28H22BrClN4O2S3. The molecule has 0 radical (unpaired) electrons. The lowest BCUT2D eigenvalue weighted by molar-refractivity contribution is -0.115. The molecule has 5 aromatic rings. The molecule has 39 heavy (non-hydrogen) atoms. The minimum absolute atomic E-state index is 0.101. The minimum atomic E-state index is -0.527. The highest BCUT2D eigenvalue weighted by atomic mass is 79.9. The fourth-order valence-corrected chi connectivity index (χ4v) is 8.09.